The summed E-state index contributed by atoms with van der Waals surface area (Å²) in [5.41, 5.74) is 13.7. The number of hydrogen-bond donors (Lipinski definition) is 0. The third-order valence-corrected chi connectivity index (χ3v) is 13.6. The van der Waals surface area contributed by atoms with Crippen LogP contribution in [0.25, 0.3) is 49.4 Å². The van der Waals surface area contributed by atoms with Crippen LogP contribution in [0.15, 0.2) is 211 Å². The van der Waals surface area contributed by atoms with Gasteiger partial charge in [0.05, 0.1) is 11.0 Å². The van der Waals surface area contributed by atoms with Crippen LogP contribution in [0.5, 0.6) is 0 Å². The first-order valence-electron chi connectivity index (χ1n) is 21.5. The Morgan fingerprint density at radius 2 is 1.34 bits per heavy atom. The summed E-state index contributed by atoms with van der Waals surface area (Å²) in [6.45, 7) is 2.53. The maximum Gasteiger partial charge on any atom is 0.0619 e. The van der Waals surface area contributed by atoms with Gasteiger partial charge in [0, 0.05) is 50.4 Å². The molecule has 8 aromatic rings. The van der Waals surface area contributed by atoms with Crippen LogP contribution in [0, 0.1) is 11.3 Å². The van der Waals surface area contributed by atoms with Gasteiger partial charge in [-0.15, -0.1) is 0 Å². The second kappa shape index (κ2) is 14.6. The van der Waals surface area contributed by atoms with E-state index < -0.39 is 0 Å². The minimum atomic E-state index is -0.140. The molecule has 3 aliphatic carbocycles. The van der Waals surface area contributed by atoms with Crippen LogP contribution >= 0.6 is 0 Å². The minimum absolute atomic E-state index is 0.140. The van der Waals surface area contributed by atoms with Crippen molar-refractivity contribution >= 4 is 49.6 Å². The van der Waals surface area contributed by atoms with Gasteiger partial charge in [-0.1, -0.05) is 183 Å². The van der Waals surface area contributed by atoms with Crippen molar-refractivity contribution in [2.45, 2.75) is 44.9 Å². The Hall–Kier alpha value is -6.64. The quantitative estimate of drug-likeness (QED) is 0.157. The van der Waals surface area contributed by atoms with Crippen LogP contribution in [0.1, 0.15) is 50.5 Å². The Morgan fingerprint density at radius 1 is 0.593 bits per heavy atom. The fraction of sp³-hybridized carbons (Fsp3) is 0.158. The van der Waals surface area contributed by atoms with E-state index in [1.54, 1.807) is 5.57 Å². The van der Waals surface area contributed by atoms with Gasteiger partial charge in [-0.2, -0.15) is 0 Å². The molecule has 0 N–H and O–H groups in total. The predicted molar refractivity (Wildman–Crippen MR) is 250 cm³/mol. The Bertz CT molecular complexity index is 3000. The molecule has 1 saturated carbocycles. The molecule has 286 valence electrons. The zero-order valence-electron chi connectivity index (χ0n) is 33.6. The number of fused-ring (bicyclic) bond motifs is 5. The lowest BCUT2D eigenvalue weighted by Gasteiger charge is -2.47. The van der Waals surface area contributed by atoms with Crippen LogP contribution in [0.4, 0.5) is 17.1 Å². The number of rotatable bonds is 7. The third-order valence-electron chi connectivity index (χ3n) is 13.6. The molecular weight excluding hydrogens is 713 g/mol. The molecule has 1 fully saturated rings. The highest BCUT2D eigenvalue weighted by molar-refractivity contribution is 6.14. The number of aromatic nitrogens is 1. The molecule has 2 nitrogen and oxygen atoms in total. The molecule has 0 spiro atoms. The first kappa shape index (κ1) is 35.5. The summed E-state index contributed by atoms with van der Waals surface area (Å²) in [5, 5.41) is 4.99. The van der Waals surface area contributed by atoms with Crippen molar-refractivity contribution in [3.63, 3.8) is 0 Å². The lowest BCUT2D eigenvalue weighted by Crippen LogP contribution is -2.36. The highest BCUT2D eigenvalue weighted by Crippen LogP contribution is 2.58. The predicted octanol–water partition coefficient (Wildman–Crippen LogP) is 15.7. The molecule has 7 aromatic carbocycles. The smallest absolute Gasteiger partial charge is 0.0619 e. The molecule has 1 heterocycles. The molecule has 0 bridgehead atoms. The average molecular weight is 761 g/mol. The number of allylic oxidation sites excluding steroid dienone is 8. The summed E-state index contributed by atoms with van der Waals surface area (Å²) in [4.78, 5) is 2.52. The number of nitrogens with zero attached hydrogens (tertiary/aromatic N) is 2. The van der Waals surface area contributed by atoms with Gasteiger partial charge in [-0.25, -0.2) is 0 Å². The molecule has 0 saturated heterocycles. The van der Waals surface area contributed by atoms with Crippen molar-refractivity contribution in [2.24, 2.45) is 11.3 Å². The van der Waals surface area contributed by atoms with E-state index in [2.05, 4.69) is 217 Å². The van der Waals surface area contributed by atoms with E-state index in [0.29, 0.717) is 5.92 Å². The van der Waals surface area contributed by atoms with Gasteiger partial charge in [-0.05, 0) is 94.8 Å². The number of anilines is 3. The van der Waals surface area contributed by atoms with Gasteiger partial charge < -0.3 is 9.47 Å². The SMILES string of the molecule is CC12C(=CC=CC1c1ccccc1N(c1cccc(-c3cccc4c5ccccc5n(-c5ccccc5)c34)c1)c1ccc3ccccc3c1)C=CC=C2C1CCCCC1. The Labute approximate surface area is 347 Å². The maximum absolute atomic E-state index is 2.53. The molecule has 2 heteroatoms. The van der Waals surface area contributed by atoms with E-state index in [1.807, 2.05) is 0 Å². The highest BCUT2D eigenvalue weighted by atomic mass is 15.1. The summed E-state index contributed by atoms with van der Waals surface area (Å²) in [6.07, 6.45) is 20.9. The summed E-state index contributed by atoms with van der Waals surface area (Å²) in [5.74, 6) is 0.781. The molecule has 1 aromatic heterocycles. The van der Waals surface area contributed by atoms with E-state index in [0.717, 1.165) is 17.1 Å². The van der Waals surface area contributed by atoms with Crippen LogP contribution in [-0.2, 0) is 0 Å². The molecule has 3 aliphatic rings. The number of benzene rings is 7. The zero-order chi connectivity index (χ0) is 39.3. The van der Waals surface area contributed by atoms with Gasteiger partial charge in [0.15, 0.2) is 0 Å². The fourth-order valence-corrected chi connectivity index (χ4v) is 10.8. The molecule has 0 aliphatic heterocycles. The molecule has 2 unspecified atom stereocenters. The van der Waals surface area contributed by atoms with Crippen molar-refractivity contribution in [1.29, 1.82) is 0 Å². The van der Waals surface area contributed by atoms with Crippen LogP contribution in [0.2, 0.25) is 0 Å². The van der Waals surface area contributed by atoms with Crippen molar-refractivity contribution < 1.29 is 0 Å². The molecule has 2 atom stereocenters. The summed E-state index contributed by atoms with van der Waals surface area (Å²) in [6, 6.07) is 60.5. The molecule has 11 rings (SSSR count). The van der Waals surface area contributed by atoms with Gasteiger partial charge in [-0.3, -0.25) is 0 Å². The molecule has 0 radical (unpaired) electrons. The molecule has 59 heavy (non-hydrogen) atoms. The standard InChI is InChI=1S/C57H48N2/c1-57-44(23-15-32-52(57)41-19-4-2-5-20-41)24-16-33-53(57)51-29-11-13-35-55(51)58(47-37-36-40-18-8-9-21-42(40)38-47)46-27-14-22-43(39-46)48-30-17-31-50-49-28-10-12-34-54(49)59(56(48)50)45-25-6-3-7-26-45/h3,6-18,21-39,41,53H,2,4-5,19-20H2,1H3. The maximum atomic E-state index is 2.53. The van der Waals surface area contributed by atoms with Crippen LogP contribution in [-0.4, -0.2) is 4.57 Å². The van der Waals surface area contributed by atoms with Gasteiger partial charge >= 0.3 is 0 Å². The van der Waals surface area contributed by atoms with Crippen molar-refractivity contribution in [3.8, 4) is 16.8 Å². The first-order chi connectivity index (χ1) is 29.2. The van der Waals surface area contributed by atoms with Crippen LogP contribution < -0.4 is 4.90 Å². The average Bonchev–Trinajstić information content (AvgIpc) is 3.64. The Kier molecular flexibility index (Phi) is 8.81. The zero-order valence-corrected chi connectivity index (χ0v) is 33.6. The lowest BCUT2D eigenvalue weighted by molar-refractivity contribution is 0.317. The minimum Gasteiger partial charge on any atom is -0.310 e. The first-order valence-corrected chi connectivity index (χ1v) is 21.5. The second-order valence-corrected chi connectivity index (χ2v) is 16.9. The topological polar surface area (TPSA) is 8.17 Å². The lowest BCUT2D eigenvalue weighted by atomic mass is 9.57. The Balaban J connectivity index is 1.11. The molecule has 0 amide bonds. The molecular formula is C57H48N2. The van der Waals surface area contributed by atoms with E-state index in [1.165, 1.54) is 92.6 Å². The largest absolute Gasteiger partial charge is 0.310 e. The second-order valence-electron chi connectivity index (χ2n) is 16.9. The number of para-hydroxylation sites is 4. The van der Waals surface area contributed by atoms with Gasteiger partial charge in [0.1, 0.15) is 0 Å². The van der Waals surface area contributed by atoms with Gasteiger partial charge in [0.25, 0.3) is 0 Å². The van der Waals surface area contributed by atoms with Crippen molar-refractivity contribution in [2.75, 3.05) is 4.90 Å². The van der Waals surface area contributed by atoms with E-state index in [4.69, 9.17) is 0 Å². The van der Waals surface area contributed by atoms with E-state index in [-0.39, 0.29) is 11.3 Å². The van der Waals surface area contributed by atoms with E-state index in [9.17, 15) is 0 Å². The van der Waals surface area contributed by atoms with Crippen LogP contribution in [0.3, 0.4) is 0 Å². The normalized spacial score (nSPS) is 19.2. The summed E-state index contributed by atoms with van der Waals surface area (Å²) >= 11 is 0. The summed E-state index contributed by atoms with van der Waals surface area (Å²) in [7, 11) is 0. The van der Waals surface area contributed by atoms with Crippen molar-refractivity contribution in [3.05, 3.63) is 217 Å². The number of hydrogen-bond acceptors (Lipinski definition) is 1. The summed E-state index contributed by atoms with van der Waals surface area (Å²) < 4.78 is 2.44. The van der Waals surface area contributed by atoms with E-state index >= 15 is 0 Å². The fourth-order valence-electron chi connectivity index (χ4n) is 10.8. The monoisotopic (exact) mass is 760 g/mol. The Morgan fingerprint density at radius 3 is 2.24 bits per heavy atom. The van der Waals surface area contributed by atoms with Crippen molar-refractivity contribution in [1.82, 2.24) is 4.57 Å². The van der Waals surface area contributed by atoms with Gasteiger partial charge in [0.2, 0.25) is 0 Å². The third kappa shape index (κ3) is 5.92. The highest BCUT2D eigenvalue weighted by Gasteiger charge is 2.45.